The van der Waals surface area contributed by atoms with Crippen LogP contribution in [0.4, 0.5) is 5.69 Å². The highest BCUT2D eigenvalue weighted by atomic mass is 79.9. The van der Waals surface area contributed by atoms with Gasteiger partial charge in [-0.15, -0.1) is 0 Å². The molecule has 2 aliphatic rings. The maximum atomic E-state index is 12.4. The fourth-order valence-electron chi connectivity index (χ4n) is 3.79. The number of pyridine rings is 1. The zero-order valence-electron chi connectivity index (χ0n) is 14.9. The summed E-state index contributed by atoms with van der Waals surface area (Å²) in [6.07, 6.45) is 3.19. The lowest BCUT2D eigenvalue weighted by atomic mass is 10.1. The summed E-state index contributed by atoms with van der Waals surface area (Å²) in [7, 11) is 0. The van der Waals surface area contributed by atoms with Crippen molar-refractivity contribution in [2.75, 3.05) is 31.1 Å². The van der Waals surface area contributed by atoms with Gasteiger partial charge >= 0.3 is 0 Å². The summed E-state index contributed by atoms with van der Waals surface area (Å²) in [5.41, 5.74) is 4.65. The Morgan fingerprint density at radius 1 is 1.16 bits per heavy atom. The molecule has 25 heavy (non-hydrogen) atoms. The summed E-state index contributed by atoms with van der Waals surface area (Å²) in [4.78, 5) is 21.7. The van der Waals surface area contributed by atoms with Gasteiger partial charge < -0.3 is 9.80 Å². The van der Waals surface area contributed by atoms with Crippen molar-refractivity contribution in [3.63, 3.8) is 0 Å². The molecule has 1 aliphatic heterocycles. The SMILES string of the molecule is Cc1nc2ccc(Br)cc2c(N2CCCN(C(=O)C3CC3)CC2)c1C. The van der Waals surface area contributed by atoms with Crippen molar-refractivity contribution in [2.45, 2.75) is 33.1 Å². The Morgan fingerprint density at radius 2 is 1.96 bits per heavy atom. The minimum Gasteiger partial charge on any atom is -0.369 e. The molecule has 1 saturated carbocycles. The minimum atomic E-state index is 0.313. The third kappa shape index (κ3) is 3.26. The van der Waals surface area contributed by atoms with Crippen LogP contribution in [-0.2, 0) is 4.79 Å². The number of halogens is 1. The number of aryl methyl sites for hydroxylation is 1. The Hall–Kier alpha value is -1.62. The van der Waals surface area contributed by atoms with E-state index in [-0.39, 0.29) is 0 Å². The van der Waals surface area contributed by atoms with Gasteiger partial charge in [-0.25, -0.2) is 0 Å². The molecule has 0 spiro atoms. The number of benzene rings is 1. The first-order chi connectivity index (χ1) is 12.0. The van der Waals surface area contributed by atoms with Gasteiger partial charge in [0.15, 0.2) is 0 Å². The number of hydrogen-bond donors (Lipinski definition) is 0. The molecule has 4 nitrogen and oxygen atoms in total. The summed E-state index contributed by atoms with van der Waals surface area (Å²) in [6, 6.07) is 6.30. The normalized spacial score (nSPS) is 18.5. The van der Waals surface area contributed by atoms with Gasteiger partial charge in [-0.05, 0) is 56.9 Å². The fourth-order valence-corrected chi connectivity index (χ4v) is 4.15. The van der Waals surface area contributed by atoms with Crippen molar-refractivity contribution in [3.8, 4) is 0 Å². The van der Waals surface area contributed by atoms with Crippen LogP contribution in [0.25, 0.3) is 10.9 Å². The monoisotopic (exact) mass is 401 g/mol. The molecular formula is C20H24BrN3O. The highest BCUT2D eigenvalue weighted by molar-refractivity contribution is 9.10. The number of aromatic nitrogens is 1. The van der Waals surface area contributed by atoms with Crippen molar-refractivity contribution in [1.82, 2.24) is 9.88 Å². The van der Waals surface area contributed by atoms with Crippen molar-refractivity contribution in [1.29, 1.82) is 0 Å². The summed E-state index contributed by atoms with van der Waals surface area (Å²) in [6.45, 7) is 7.84. The number of rotatable bonds is 2. The van der Waals surface area contributed by atoms with Crippen molar-refractivity contribution in [3.05, 3.63) is 33.9 Å². The van der Waals surface area contributed by atoms with E-state index >= 15 is 0 Å². The van der Waals surface area contributed by atoms with Crippen molar-refractivity contribution >= 4 is 38.4 Å². The lowest BCUT2D eigenvalue weighted by Crippen LogP contribution is -2.36. The lowest BCUT2D eigenvalue weighted by Gasteiger charge is -2.27. The van der Waals surface area contributed by atoms with Crippen molar-refractivity contribution in [2.24, 2.45) is 5.92 Å². The topological polar surface area (TPSA) is 36.4 Å². The quantitative estimate of drug-likeness (QED) is 0.760. The van der Waals surface area contributed by atoms with Gasteiger partial charge in [0, 0.05) is 47.6 Å². The van der Waals surface area contributed by atoms with Crippen molar-refractivity contribution < 1.29 is 4.79 Å². The number of nitrogens with zero attached hydrogens (tertiary/aromatic N) is 3. The smallest absolute Gasteiger partial charge is 0.225 e. The second-order valence-corrected chi connectivity index (χ2v) is 8.19. The fraction of sp³-hybridized carbons (Fsp3) is 0.500. The first kappa shape index (κ1) is 16.8. The molecule has 2 heterocycles. The van der Waals surface area contributed by atoms with E-state index in [1.807, 2.05) is 6.07 Å². The van der Waals surface area contributed by atoms with E-state index in [4.69, 9.17) is 4.98 Å². The molecule has 2 fully saturated rings. The highest BCUT2D eigenvalue weighted by Gasteiger charge is 2.34. The van der Waals surface area contributed by atoms with E-state index in [0.717, 1.165) is 61.1 Å². The molecule has 5 heteroatoms. The van der Waals surface area contributed by atoms with Gasteiger partial charge in [-0.3, -0.25) is 9.78 Å². The van der Waals surface area contributed by atoms with E-state index in [1.54, 1.807) is 0 Å². The Kier molecular flexibility index (Phi) is 4.44. The van der Waals surface area contributed by atoms with E-state index in [1.165, 1.54) is 16.6 Å². The summed E-state index contributed by atoms with van der Waals surface area (Å²) in [5.74, 6) is 0.685. The first-order valence-electron chi connectivity index (χ1n) is 9.15. The number of fused-ring (bicyclic) bond motifs is 1. The van der Waals surface area contributed by atoms with Gasteiger partial charge in [0.2, 0.25) is 5.91 Å². The molecule has 2 aromatic rings. The van der Waals surface area contributed by atoms with Crippen LogP contribution in [0.2, 0.25) is 0 Å². The summed E-state index contributed by atoms with van der Waals surface area (Å²) in [5, 5.41) is 1.19. The maximum Gasteiger partial charge on any atom is 0.225 e. The molecule has 1 aromatic heterocycles. The second-order valence-electron chi connectivity index (χ2n) is 7.27. The minimum absolute atomic E-state index is 0.313. The molecule has 1 amide bonds. The number of amides is 1. The molecule has 1 aromatic carbocycles. The average Bonchev–Trinajstić information content (AvgIpc) is 3.43. The lowest BCUT2D eigenvalue weighted by molar-refractivity contribution is -0.132. The van der Waals surface area contributed by atoms with Crippen LogP contribution in [-0.4, -0.2) is 42.0 Å². The number of carbonyl (C=O) groups excluding carboxylic acids is 1. The van der Waals surface area contributed by atoms with E-state index in [2.05, 4.69) is 51.7 Å². The summed E-state index contributed by atoms with van der Waals surface area (Å²) >= 11 is 3.60. The zero-order valence-corrected chi connectivity index (χ0v) is 16.5. The standard InChI is InChI=1S/C20H24BrN3O/c1-13-14(2)22-18-7-6-16(21)12-17(18)19(13)23-8-3-9-24(11-10-23)20(25)15-4-5-15/h6-7,12,15H,3-5,8-11H2,1-2H3. The largest absolute Gasteiger partial charge is 0.369 e. The third-order valence-corrected chi connectivity index (χ3v) is 5.94. The molecule has 4 rings (SSSR count). The molecule has 0 unspecified atom stereocenters. The molecule has 0 N–H and O–H groups in total. The first-order valence-corrected chi connectivity index (χ1v) is 9.94. The average molecular weight is 402 g/mol. The van der Waals surface area contributed by atoms with E-state index < -0.39 is 0 Å². The zero-order chi connectivity index (χ0) is 17.6. The van der Waals surface area contributed by atoms with Crippen LogP contribution in [0.1, 0.15) is 30.5 Å². The number of hydrogen-bond acceptors (Lipinski definition) is 3. The number of anilines is 1. The molecule has 0 radical (unpaired) electrons. The molecular weight excluding hydrogens is 378 g/mol. The molecule has 132 valence electrons. The van der Waals surface area contributed by atoms with E-state index in [0.29, 0.717) is 11.8 Å². The van der Waals surface area contributed by atoms with Crippen LogP contribution >= 0.6 is 15.9 Å². The Morgan fingerprint density at radius 3 is 2.72 bits per heavy atom. The molecule has 1 saturated heterocycles. The van der Waals surface area contributed by atoms with Crippen LogP contribution in [0.3, 0.4) is 0 Å². The van der Waals surface area contributed by atoms with Gasteiger partial charge in [-0.2, -0.15) is 0 Å². The van der Waals surface area contributed by atoms with Gasteiger partial charge in [0.25, 0.3) is 0 Å². The number of carbonyl (C=O) groups is 1. The molecule has 0 bridgehead atoms. The highest BCUT2D eigenvalue weighted by Crippen LogP contribution is 2.35. The van der Waals surface area contributed by atoms with Crippen LogP contribution in [0.5, 0.6) is 0 Å². The maximum absolute atomic E-state index is 12.4. The molecule has 1 aliphatic carbocycles. The third-order valence-electron chi connectivity index (χ3n) is 5.45. The second kappa shape index (κ2) is 6.60. The predicted molar refractivity (Wildman–Crippen MR) is 105 cm³/mol. The van der Waals surface area contributed by atoms with Gasteiger partial charge in [-0.1, -0.05) is 15.9 Å². The van der Waals surface area contributed by atoms with Crippen LogP contribution < -0.4 is 4.90 Å². The van der Waals surface area contributed by atoms with Crippen LogP contribution in [0.15, 0.2) is 22.7 Å². The Balaban J connectivity index is 1.68. The predicted octanol–water partition coefficient (Wildman–Crippen LogP) is 4.06. The van der Waals surface area contributed by atoms with Crippen LogP contribution in [0, 0.1) is 19.8 Å². The van der Waals surface area contributed by atoms with Gasteiger partial charge in [0.1, 0.15) is 0 Å². The summed E-state index contributed by atoms with van der Waals surface area (Å²) < 4.78 is 1.08. The Labute approximate surface area is 157 Å². The molecule has 0 atom stereocenters. The Bertz CT molecular complexity index is 831. The van der Waals surface area contributed by atoms with E-state index in [9.17, 15) is 4.79 Å². The van der Waals surface area contributed by atoms with Gasteiger partial charge in [0.05, 0.1) is 11.2 Å².